The number of hydrogen-bond acceptors (Lipinski definition) is 2. The third kappa shape index (κ3) is 5.68. The minimum absolute atomic E-state index is 0.438. The molecular weight excluding hydrogens is 459 g/mol. The Morgan fingerprint density at radius 3 is 1.94 bits per heavy atom. The van der Waals surface area contributed by atoms with Gasteiger partial charge in [-0.25, -0.2) is 4.68 Å². The highest BCUT2D eigenvalue weighted by atomic mass is 35.5. The van der Waals surface area contributed by atoms with Crippen LogP contribution in [0.3, 0.4) is 0 Å². The van der Waals surface area contributed by atoms with Gasteiger partial charge in [-0.15, -0.1) is 0 Å². The van der Waals surface area contributed by atoms with Gasteiger partial charge in [-0.05, 0) is 35.5 Å². The lowest BCUT2D eigenvalue weighted by molar-refractivity contribution is 0.412. The fourth-order valence-corrected chi connectivity index (χ4v) is 4.14. The Morgan fingerprint density at radius 2 is 1.38 bits per heavy atom. The molecule has 0 fully saturated rings. The standard InChI is InChI=1S/C25H22Cl2N4S/c26-22-12-7-13-23(27)21(22)18-31-24(14-15-28-31)29-25(32)30(16-19-8-3-1-4-9-19)17-20-10-5-2-6-11-20/h1-15H,16-18H2,(H,29,32). The predicted octanol–water partition coefficient (Wildman–Crippen LogP) is 6.64. The number of benzene rings is 3. The highest BCUT2D eigenvalue weighted by molar-refractivity contribution is 7.80. The van der Waals surface area contributed by atoms with Crippen LogP contribution in [0.25, 0.3) is 0 Å². The summed E-state index contributed by atoms with van der Waals surface area (Å²) < 4.78 is 1.81. The number of aromatic nitrogens is 2. The van der Waals surface area contributed by atoms with E-state index in [1.165, 1.54) is 11.1 Å². The molecule has 0 atom stereocenters. The van der Waals surface area contributed by atoms with Gasteiger partial charge in [-0.3, -0.25) is 0 Å². The van der Waals surface area contributed by atoms with Crippen molar-refractivity contribution in [1.82, 2.24) is 14.7 Å². The van der Waals surface area contributed by atoms with Gasteiger partial charge in [-0.2, -0.15) is 5.10 Å². The van der Waals surface area contributed by atoms with Crippen LogP contribution in [-0.2, 0) is 19.6 Å². The van der Waals surface area contributed by atoms with Crippen molar-refractivity contribution in [1.29, 1.82) is 0 Å². The van der Waals surface area contributed by atoms with Gasteiger partial charge in [0, 0.05) is 34.8 Å². The van der Waals surface area contributed by atoms with Crippen LogP contribution in [0.5, 0.6) is 0 Å². The lowest BCUT2D eigenvalue weighted by Crippen LogP contribution is -2.34. The highest BCUT2D eigenvalue weighted by Crippen LogP contribution is 2.26. The SMILES string of the molecule is S=C(Nc1ccnn1Cc1c(Cl)cccc1Cl)N(Cc1ccccc1)Cc1ccccc1. The molecule has 0 aliphatic heterocycles. The number of anilines is 1. The number of thiocarbonyl (C=S) groups is 1. The molecule has 0 amide bonds. The molecule has 4 rings (SSSR count). The molecule has 0 radical (unpaired) electrons. The second-order valence-corrected chi connectivity index (χ2v) is 8.53. The first-order valence-electron chi connectivity index (χ1n) is 10.2. The zero-order valence-corrected chi connectivity index (χ0v) is 19.6. The van der Waals surface area contributed by atoms with Crippen molar-refractivity contribution < 1.29 is 0 Å². The van der Waals surface area contributed by atoms with Crippen LogP contribution >= 0.6 is 35.4 Å². The minimum Gasteiger partial charge on any atom is -0.340 e. The largest absolute Gasteiger partial charge is 0.340 e. The van der Waals surface area contributed by atoms with Crippen molar-refractivity contribution in [3.05, 3.63) is 118 Å². The first kappa shape index (κ1) is 22.3. The first-order chi connectivity index (χ1) is 15.6. The van der Waals surface area contributed by atoms with E-state index in [2.05, 4.69) is 39.6 Å². The Morgan fingerprint density at radius 1 is 0.812 bits per heavy atom. The fraction of sp³-hybridized carbons (Fsp3) is 0.120. The number of hydrogen-bond donors (Lipinski definition) is 1. The molecule has 3 aromatic carbocycles. The molecule has 7 heteroatoms. The zero-order chi connectivity index (χ0) is 22.3. The quantitative estimate of drug-likeness (QED) is 0.300. The summed E-state index contributed by atoms with van der Waals surface area (Å²) in [6, 6.07) is 27.9. The molecule has 0 saturated heterocycles. The van der Waals surface area contributed by atoms with Crippen LogP contribution < -0.4 is 5.32 Å². The van der Waals surface area contributed by atoms with Gasteiger partial charge >= 0.3 is 0 Å². The lowest BCUT2D eigenvalue weighted by Gasteiger charge is -2.26. The summed E-state index contributed by atoms with van der Waals surface area (Å²) in [7, 11) is 0. The maximum atomic E-state index is 6.36. The predicted molar refractivity (Wildman–Crippen MR) is 136 cm³/mol. The summed E-state index contributed by atoms with van der Waals surface area (Å²) in [5.74, 6) is 0.775. The molecule has 0 aliphatic carbocycles. The van der Waals surface area contributed by atoms with Crippen molar-refractivity contribution in [2.45, 2.75) is 19.6 Å². The summed E-state index contributed by atoms with van der Waals surface area (Å²) in [6.07, 6.45) is 1.73. The van der Waals surface area contributed by atoms with Gasteiger partial charge in [0.25, 0.3) is 0 Å². The average Bonchev–Trinajstić information content (AvgIpc) is 3.24. The van der Waals surface area contributed by atoms with Gasteiger partial charge in [0.15, 0.2) is 5.11 Å². The molecule has 4 nitrogen and oxygen atoms in total. The smallest absolute Gasteiger partial charge is 0.175 e. The summed E-state index contributed by atoms with van der Waals surface area (Å²) in [5.41, 5.74) is 3.19. The van der Waals surface area contributed by atoms with Crippen LogP contribution in [0.15, 0.2) is 91.1 Å². The normalized spacial score (nSPS) is 10.7. The van der Waals surface area contributed by atoms with E-state index in [0.29, 0.717) is 34.8 Å². The number of rotatable bonds is 7. The first-order valence-corrected chi connectivity index (χ1v) is 11.3. The molecule has 0 unspecified atom stereocenters. The molecule has 1 aromatic heterocycles. The van der Waals surface area contributed by atoms with E-state index in [9.17, 15) is 0 Å². The van der Waals surface area contributed by atoms with E-state index in [4.69, 9.17) is 35.4 Å². The fourth-order valence-electron chi connectivity index (χ4n) is 3.39. The molecule has 1 N–H and O–H groups in total. The molecule has 1 heterocycles. The van der Waals surface area contributed by atoms with Crippen LogP contribution in [0.1, 0.15) is 16.7 Å². The van der Waals surface area contributed by atoms with Gasteiger partial charge in [0.1, 0.15) is 5.82 Å². The van der Waals surface area contributed by atoms with Gasteiger partial charge in [0.05, 0.1) is 12.7 Å². The molecule has 0 bridgehead atoms. The zero-order valence-electron chi connectivity index (χ0n) is 17.3. The Hall–Kier alpha value is -2.86. The summed E-state index contributed by atoms with van der Waals surface area (Å²) in [4.78, 5) is 2.14. The lowest BCUT2D eigenvalue weighted by atomic mass is 10.2. The number of nitrogens with zero attached hydrogens (tertiary/aromatic N) is 3. The Kier molecular flexibility index (Phi) is 7.43. The molecular formula is C25H22Cl2N4S. The van der Waals surface area contributed by atoms with Gasteiger partial charge < -0.3 is 10.2 Å². The van der Waals surface area contributed by atoms with Crippen molar-refractivity contribution in [3.8, 4) is 0 Å². The monoisotopic (exact) mass is 480 g/mol. The number of nitrogens with one attached hydrogen (secondary N) is 1. The van der Waals surface area contributed by atoms with Crippen molar-refractivity contribution in [2.75, 3.05) is 5.32 Å². The maximum absolute atomic E-state index is 6.36. The molecule has 162 valence electrons. The Labute approximate surface area is 203 Å². The van der Waals surface area contributed by atoms with Crippen molar-refractivity contribution in [3.63, 3.8) is 0 Å². The summed E-state index contributed by atoms with van der Waals surface area (Å²) in [5, 5.41) is 9.63. The third-order valence-electron chi connectivity index (χ3n) is 5.04. The molecule has 0 spiro atoms. The Bertz CT molecular complexity index is 1120. The molecule has 4 aromatic rings. The van der Waals surface area contributed by atoms with Crippen molar-refractivity contribution in [2.24, 2.45) is 0 Å². The molecule has 0 aliphatic rings. The van der Waals surface area contributed by atoms with Crippen LogP contribution in [0, 0.1) is 0 Å². The summed E-state index contributed by atoms with van der Waals surface area (Å²) >= 11 is 18.5. The van der Waals surface area contributed by atoms with Crippen LogP contribution in [0.2, 0.25) is 10.0 Å². The molecule has 32 heavy (non-hydrogen) atoms. The number of halogens is 2. The van der Waals surface area contributed by atoms with E-state index in [1.54, 1.807) is 6.20 Å². The third-order valence-corrected chi connectivity index (χ3v) is 6.11. The van der Waals surface area contributed by atoms with Crippen LogP contribution in [-0.4, -0.2) is 19.8 Å². The van der Waals surface area contributed by atoms with E-state index >= 15 is 0 Å². The van der Waals surface area contributed by atoms with E-state index in [1.807, 2.05) is 65.3 Å². The van der Waals surface area contributed by atoms with Crippen LogP contribution in [0.4, 0.5) is 5.82 Å². The van der Waals surface area contributed by atoms with Gasteiger partial charge in [0.2, 0.25) is 0 Å². The van der Waals surface area contributed by atoms with E-state index in [0.717, 1.165) is 11.4 Å². The molecule has 0 saturated carbocycles. The topological polar surface area (TPSA) is 33.1 Å². The van der Waals surface area contributed by atoms with E-state index in [-0.39, 0.29) is 0 Å². The Balaban J connectivity index is 1.54. The van der Waals surface area contributed by atoms with Crippen molar-refractivity contribution >= 4 is 46.4 Å². The minimum atomic E-state index is 0.438. The second kappa shape index (κ2) is 10.6. The van der Waals surface area contributed by atoms with Gasteiger partial charge in [-0.1, -0.05) is 89.9 Å². The average molecular weight is 481 g/mol. The highest BCUT2D eigenvalue weighted by Gasteiger charge is 2.15. The maximum Gasteiger partial charge on any atom is 0.175 e. The second-order valence-electron chi connectivity index (χ2n) is 7.33. The summed E-state index contributed by atoms with van der Waals surface area (Å²) in [6.45, 7) is 1.81. The van der Waals surface area contributed by atoms with E-state index < -0.39 is 0 Å².